The minimum Gasteiger partial charge on any atom is -0.496 e. The van der Waals surface area contributed by atoms with Crippen molar-refractivity contribution in [3.8, 4) is 5.75 Å². The summed E-state index contributed by atoms with van der Waals surface area (Å²) in [5, 5.41) is 0. The first kappa shape index (κ1) is 12.2. The molecule has 0 unspecified atom stereocenters. The van der Waals surface area contributed by atoms with Crippen LogP contribution in [0.4, 0.5) is 11.6 Å². The van der Waals surface area contributed by atoms with E-state index in [9.17, 15) is 0 Å². The van der Waals surface area contributed by atoms with Crippen LogP contribution in [0.3, 0.4) is 0 Å². The van der Waals surface area contributed by atoms with Crippen LogP contribution in [-0.2, 0) is 6.54 Å². The first-order valence-electron chi connectivity index (χ1n) is 5.61. The zero-order chi connectivity index (χ0) is 13.0. The van der Waals surface area contributed by atoms with E-state index in [1.807, 2.05) is 36.2 Å². The number of benzene rings is 1. The van der Waals surface area contributed by atoms with Gasteiger partial charge in [-0.1, -0.05) is 18.2 Å². The monoisotopic (exact) mass is 244 g/mol. The Morgan fingerprint density at radius 1 is 1.22 bits per heavy atom. The van der Waals surface area contributed by atoms with Crippen LogP contribution in [0, 0.1) is 0 Å². The van der Waals surface area contributed by atoms with E-state index < -0.39 is 0 Å². The molecule has 5 heteroatoms. The highest BCUT2D eigenvalue weighted by molar-refractivity contribution is 5.40. The lowest BCUT2D eigenvalue weighted by molar-refractivity contribution is 0.409. The highest BCUT2D eigenvalue weighted by atomic mass is 16.5. The van der Waals surface area contributed by atoms with Crippen molar-refractivity contribution in [2.24, 2.45) is 0 Å². The summed E-state index contributed by atoms with van der Waals surface area (Å²) < 4.78 is 5.31. The smallest absolute Gasteiger partial charge is 0.225 e. The van der Waals surface area contributed by atoms with Crippen LogP contribution in [0.25, 0.3) is 0 Å². The Labute approximate surface area is 106 Å². The molecule has 1 heterocycles. The Hall–Kier alpha value is -2.30. The zero-order valence-electron chi connectivity index (χ0n) is 10.5. The number of hydrogen-bond acceptors (Lipinski definition) is 5. The van der Waals surface area contributed by atoms with Gasteiger partial charge in [-0.3, -0.25) is 0 Å². The number of anilines is 2. The van der Waals surface area contributed by atoms with Crippen molar-refractivity contribution in [1.82, 2.24) is 9.97 Å². The van der Waals surface area contributed by atoms with Crippen LogP contribution >= 0.6 is 0 Å². The Kier molecular flexibility index (Phi) is 3.62. The molecule has 1 aromatic carbocycles. The van der Waals surface area contributed by atoms with Gasteiger partial charge in [0.2, 0.25) is 5.95 Å². The van der Waals surface area contributed by atoms with Gasteiger partial charge in [-0.25, -0.2) is 9.97 Å². The molecule has 0 fully saturated rings. The zero-order valence-corrected chi connectivity index (χ0v) is 10.5. The fourth-order valence-electron chi connectivity index (χ4n) is 1.69. The summed E-state index contributed by atoms with van der Waals surface area (Å²) in [7, 11) is 3.59. The first-order valence-corrected chi connectivity index (χ1v) is 5.61. The molecule has 0 atom stereocenters. The van der Waals surface area contributed by atoms with Crippen molar-refractivity contribution >= 4 is 11.6 Å². The summed E-state index contributed by atoms with van der Waals surface area (Å²) in [6, 6.07) is 7.89. The molecule has 5 nitrogen and oxygen atoms in total. The number of nitrogens with zero attached hydrogens (tertiary/aromatic N) is 3. The Balaban J connectivity index is 2.15. The molecule has 1 aromatic heterocycles. The largest absolute Gasteiger partial charge is 0.496 e. The van der Waals surface area contributed by atoms with Gasteiger partial charge in [0.05, 0.1) is 25.2 Å². The van der Waals surface area contributed by atoms with E-state index in [1.54, 1.807) is 19.5 Å². The third kappa shape index (κ3) is 2.68. The van der Waals surface area contributed by atoms with Gasteiger partial charge in [0, 0.05) is 19.2 Å². The third-order valence-electron chi connectivity index (χ3n) is 2.60. The van der Waals surface area contributed by atoms with E-state index in [0.717, 1.165) is 11.3 Å². The number of para-hydroxylation sites is 1. The van der Waals surface area contributed by atoms with E-state index in [0.29, 0.717) is 18.2 Å². The maximum atomic E-state index is 5.56. The lowest BCUT2D eigenvalue weighted by Crippen LogP contribution is -2.19. The van der Waals surface area contributed by atoms with Crippen molar-refractivity contribution in [2.45, 2.75) is 6.54 Å². The SMILES string of the molecule is COc1ccccc1CN(C)c1ncc(N)cn1. The van der Waals surface area contributed by atoms with Gasteiger partial charge in [0.15, 0.2) is 0 Å². The van der Waals surface area contributed by atoms with Gasteiger partial charge in [0.1, 0.15) is 5.75 Å². The maximum absolute atomic E-state index is 5.56. The van der Waals surface area contributed by atoms with Crippen LogP contribution < -0.4 is 15.4 Å². The fraction of sp³-hybridized carbons (Fsp3) is 0.231. The van der Waals surface area contributed by atoms with Gasteiger partial charge in [-0.05, 0) is 6.07 Å². The van der Waals surface area contributed by atoms with Crippen LogP contribution in [-0.4, -0.2) is 24.1 Å². The topological polar surface area (TPSA) is 64.3 Å². The summed E-state index contributed by atoms with van der Waals surface area (Å²) in [6.45, 7) is 0.675. The molecule has 0 saturated carbocycles. The molecule has 0 aliphatic heterocycles. The van der Waals surface area contributed by atoms with Gasteiger partial charge in [-0.15, -0.1) is 0 Å². The molecular formula is C13H16N4O. The second kappa shape index (κ2) is 5.35. The Morgan fingerprint density at radius 3 is 2.56 bits per heavy atom. The number of nitrogens with two attached hydrogens (primary N) is 1. The summed E-state index contributed by atoms with van der Waals surface area (Å²) in [4.78, 5) is 10.3. The normalized spacial score (nSPS) is 10.1. The number of ether oxygens (including phenoxy) is 1. The second-order valence-corrected chi connectivity index (χ2v) is 3.98. The molecule has 0 amide bonds. The van der Waals surface area contributed by atoms with Crippen molar-refractivity contribution in [3.63, 3.8) is 0 Å². The van der Waals surface area contributed by atoms with Crippen LogP contribution in [0.1, 0.15) is 5.56 Å². The van der Waals surface area contributed by atoms with Crippen molar-refractivity contribution in [3.05, 3.63) is 42.2 Å². The Morgan fingerprint density at radius 2 is 1.89 bits per heavy atom. The van der Waals surface area contributed by atoms with Crippen molar-refractivity contribution in [2.75, 3.05) is 24.8 Å². The molecule has 94 valence electrons. The highest BCUT2D eigenvalue weighted by Crippen LogP contribution is 2.20. The van der Waals surface area contributed by atoms with E-state index in [-0.39, 0.29) is 0 Å². The summed E-state index contributed by atoms with van der Waals surface area (Å²) in [6.07, 6.45) is 3.20. The number of nitrogen functional groups attached to an aromatic ring is 1. The Bertz CT molecular complexity index is 513. The number of hydrogen-bond donors (Lipinski definition) is 1. The van der Waals surface area contributed by atoms with Crippen LogP contribution in [0.15, 0.2) is 36.7 Å². The molecule has 0 bridgehead atoms. The molecule has 0 saturated heterocycles. The average molecular weight is 244 g/mol. The predicted molar refractivity (Wildman–Crippen MR) is 71.5 cm³/mol. The summed E-state index contributed by atoms with van der Waals surface area (Å²) in [5.74, 6) is 1.50. The van der Waals surface area contributed by atoms with E-state index >= 15 is 0 Å². The molecule has 0 aliphatic carbocycles. The predicted octanol–water partition coefficient (Wildman–Crippen LogP) is 1.70. The van der Waals surface area contributed by atoms with Crippen LogP contribution in [0.2, 0.25) is 0 Å². The average Bonchev–Trinajstić information content (AvgIpc) is 2.40. The lowest BCUT2D eigenvalue weighted by Gasteiger charge is -2.18. The third-order valence-corrected chi connectivity index (χ3v) is 2.60. The molecule has 18 heavy (non-hydrogen) atoms. The van der Waals surface area contributed by atoms with E-state index in [1.165, 1.54) is 0 Å². The molecular weight excluding hydrogens is 228 g/mol. The quantitative estimate of drug-likeness (QED) is 0.886. The number of methoxy groups -OCH3 is 1. The molecule has 2 aromatic rings. The summed E-state index contributed by atoms with van der Waals surface area (Å²) in [5.41, 5.74) is 7.21. The van der Waals surface area contributed by atoms with E-state index in [2.05, 4.69) is 9.97 Å². The van der Waals surface area contributed by atoms with Gasteiger partial charge < -0.3 is 15.4 Å². The van der Waals surface area contributed by atoms with Gasteiger partial charge in [0.25, 0.3) is 0 Å². The molecule has 0 spiro atoms. The standard InChI is InChI=1S/C13H16N4O/c1-17(13-15-7-11(14)8-16-13)9-10-5-3-4-6-12(10)18-2/h3-8H,9,14H2,1-2H3. The molecule has 2 N–H and O–H groups in total. The molecule has 0 radical (unpaired) electrons. The minimum atomic E-state index is 0.560. The van der Waals surface area contributed by atoms with Crippen molar-refractivity contribution < 1.29 is 4.74 Å². The first-order chi connectivity index (χ1) is 8.70. The minimum absolute atomic E-state index is 0.560. The summed E-state index contributed by atoms with van der Waals surface area (Å²) >= 11 is 0. The second-order valence-electron chi connectivity index (χ2n) is 3.98. The van der Waals surface area contributed by atoms with Crippen molar-refractivity contribution in [1.29, 1.82) is 0 Å². The maximum Gasteiger partial charge on any atom is 0.225 e. The number of rotatable bonds is 4. The fourth-order valence-corrected chi connectivity index (χ4v) is 1.69. The van der Waals surface area contributed by atoms with Crippen LogP contribution in [0.5, 0.6) is 5.75 Å². The lowest BCUT2D eigenvalue weighted by atomic mass is 10.2. The molecule has 0 aliphatic rings. The van der Waals surface area contributed by atoms with Gasteiger partial charge >= 0.3 is 0 Å². The highest BCUT2D eigenvalue weighted by Gasteiger charge is 2.08. The number of aromatic nitrogens is 2. The molecule has 2 rings (SSSR count). The van der Waals surface area contributed by atoms with E-state index in [4.69, 9.17) is 10.5 Å². The van der Waals surface area contributed by atoms with Gasteiger partial charge in [-0.2, -0.15) is 0 Å².